The average Bonchev–Trinajstić information content (AvgIpc) is 2.62. The van der Waals surface area contributed by atoms with E-state index in [2.05, 4.69) is 10.6 Å². The molecule has 3 rings (SSSR count). The number of para-hydroxylation sites is 2. The third-order valence-corrected chi connectivity index (χ3v) is 4.44. The molecule has 2 N–H and O–H groups in total. The predicted octanol–water partition coefficient (Wildman–Crippen LogP) is 4.85. The second-order valence-electron chi connectivity index (χ2n) is 7.53. The first-order valence-corrected chi connectivity index (χ1v) is 9.26. The lowest BCUT2D eigenvalue weighted by molar-refractivity contribution is 0.237. The number of halogens is 2. The number of rotatable bonds is 1. The zero-order chi connectivity index (χ0) is 20.5. The van der Waals surface area contributed by atoms with Gasteiger partial charge in [-0.05, 0) is 51.1 Å². The van der Waals surface area contributed by atoms with Crippen LogP contribution in [0.5, 0.6) is 0 Å². The number of fused-ring (bicyclic) bond motifs is 1. The van der Waals surface area contributed by atoms with Gasteiger partial charge in [0.2, 0.25) is 0 Å². The third kappa shape index (κ3) is 4.36. The van der Waals surface area contributed by atoms with Gasteiger partial charge < -0.3 is 10.6 Å². The summed E-state index contributed by atoms with van der Waals surface area (Å²) < 4.78 is 13.3. The number of nitrogens with one attached hydrogen (secondary N) is 2. The van der Waals surface area contributed by atoms with Crippen molar-refractivity contribution in [2.24, 2.45) is 0 Å². The number of hydrogen-bond donors (Lipinski definition) is 2. The predicted molar refractivity (Wildman–Crippen MR) is 110 cm³/mol. The Kier molecular flexibility index (Phi) is 5.47. The molecule has 0 radical (unpaired) electrons. The lowest BCUT2D eigenvalue weighted by Crippen LogP contribution is -2.54. The van der Waals surface area contributed by atoms with E-state index >= 15 is 0 Å². The zero-order valence-electron chi connectivity index (χ0n) is 15.9. The first-order chi connectivity index (χ1) is 13.2. The van der Waals surface area contributed by atoms with Gasteiger partial charge in [0, 0.05) is 24.3 Å². The summed E-state index contributed by atoms with van der Waals surface area (Å²) >= 11 is 5.78. The largest absolute Gasteiger partial charge is 0.333 e. The van der Waals surface area contributed by atoms with Crippen LogP contribution in [-0.2, 0) is 0 Å². The molecule has 6 nitrogen and oxygen atoms in total. The van der Waals surface area contributed by atoms with E-state index < -0.39 is 5.82 Å². The number of carbonyl (C=O) groups is 2. The number of carbonyl (C=O) groups excluding carboxylic acids is 2. The molecular weight excluding hydrogens is 383 g/mol. The molecule has 0 bridgehead atoms. The monoisotopic (exact) mass is 404 g/mol. The molecule has 0 atom stereocenters. The summed E-state index contributed by atoms with van der Waals surface area (Å²) in [6, 6.07) is 10.6. The fraction of sp³-hybridized carbons (Fsp3) is 0.300. The third-order valence-electron chi connectivity index (χ3n) is 4.15. The van der Waals surface area contributed by atoms with Gasteiger partial charge in [-0.15, -0.1) is 0 Å². The number of hydrogen-bond acceptors (Lipinski definition) is 2. The van der Waals surface area contributed by atoms with Gasteiger partial charge in [-0.2, -0.15) is 0 Å². The molecule has 1 aliphatic rings. The van der Waals surface area contributed by atoms with Crippen molar-refractivity contribution in [1.82, 2.24) is 5.32 Å². The van der Waals surface area contributed by atoms with Crippen molar-refractivity contribution in [3.63, 3.8) is 0 Å². The van der Waals surface area contributed by atoms with E-state index in [9.17, 15) is 14.0 Å². The Bertz CT molecular complexity index is 913. The summed E-state index contributed by atoms with van der Waals surface area (Å²) in [6.07, 6.45) is 0. The summed E-state index contributed by atoms with van der Waals surface area (Å²) in [5.41, 5.74) is 1.27. The molecule has 8 heteroatoms. The molecule has 4 amide bonds. The second-order valence-corrected chi connectivity index (χ2v) is 7.94. The van der Waals surface area contributed by atoms with Crippen LogP contribution >= 0.6 is 11.6 Å². The van der Waals surface area contributed by atoms with Gasteiger partial charge in [0.25, 0.3) is 0 Å². The Morgan fingerprint density at radius 3 is 2.11 bits per heavy atom. The van der Waals surface area contributed by atoms with Crippen LogP contribution in [0.1, 0.15) is 20.8 Å². The number of urea groups is 2. The van der Waals surface area contributed by atoms with Gasteiger partial charge in [0.05, 0.1) is 16.4 Å². The molecule has 2 aromatic rings. The molecule has 0 aliphatic carbocycles. The fourth-order valence-electron chi connectivity index (χ4n) is 2.94. The molecule has 0 saturated heterocycles. The van der Waals surface area contributed by atoms with Crippen LogP contribution < -0.4 is 20.4 Å². The molecular formula is C20H22ClFN4O2. The van der Waals surface area contributed by atoms with Crippen LogP contribution in [0.15, 0.2) is 42.5 Å². The van der Waals surface area contributed by atoms with Crippen molar-refractivity contribution in [3.05, 3.63) is 53.3 Å². The molecule has 0 saturated carbocycles. The standard InChI is InChI=1S/C20H22ClFN4O2/c1-20(2,3)24-19(28)26-11-10-25(16-6-4-5-7-17(16)26)18(27)23-13-8-9-15(22)14(21)12-13/h4-9,12H,10-11H2,1-3H3,(H,23,27)(H,24,28). The van der Waals surface area contributed by atoms with Crippen LogP contribution in [0.3, 0.4) is 0 Å². The Labute approximate surface area is 168 Å². The maximum Gasteiger partial charge on any atom is 0.326 e. The van der Waals surface area contributed by atoms with Crippen LogP contribution in [0.25, 0.3) is 0 Å². The molecule has 0 unspecified atom stereocenters. The normalized spacial score (nSPS) is 13.8. The molecule has 2 aromatic carbocycles. The van der Waals surface area contributed by atoms with Gasteiger partial charge in [0.1, 0.15) is 5.82 Å². The maximum atomic E-state index is 13.3. The van der Waals surface area contributed by atoms with E-state index in [-0.39, 0.29) is 22.6 Å². The highest BCUT2D eigenvalue weighted by Gasteiger charge is 2.31. The lowest BCUT2D eigenvalue weighted by atomic mass is 10.1. The van der Waals surface area contributed by atoms with Gasteiger partial charge >= 0.3 is 12.1 Å². The maximum absolute atomic E-state index is 13.3. The SMILES string of the molecule is CC(C)(C)NC(=O)N1CCN(C(=O)Nc2ccc(F)c(Cl)c2)c2ccccc21. The highest BCUT2D eigenvalue weighted by Crippen LogP contribution is 2.33. The summed E-state index contributed by atoms with van der Waals surface area (Å²) in [7, 11) is 0. The van der Waals surface area contributed by atoms with E-state index in [0.29, 0.717) is 30.2 Å². The lowest BCUT2D eigenvalue weighted by Gasteiger charge is -2.37. The van der Waals surface area contributed by atoms with Crippen LogP contribution in [0, 0.1) is 5.82 Å². The van der Waals surface area contributed by atoms with Crippen molar-refractivity contribution in [3.8, 4) is 0 Å². The van der Waals surface area contributed by atoms with E-state index in [1.807, 2.05) is 26.8 Å². The van der Waals surface area contributed by atoms with E-state index in [0.717, 1.165) is 0 Å². The molecule has 148 valence electrons. The first-order valence-electron chi connectivity index (χ1n) is 8.88. The number of benzene rings is 2. The molecule has 28 heavy (non-hydrogen) atoms. The van der Waals surface area contributed by atoms with Crippen molar-refractivity contribution in [2.75, 3.05) is 28.2 Å². The van der Waals surface area contributed by atoms with Crippen molar-refractivity contribution < 1.29 is 14.0 Å². The summed E-state index contributed by atoms with van der Waals surface area (Å²) in [5.74, 6) is -0.552. The molecule has 1 aliphatic heterocycles. The van der Waals surface area contributed by atoms with Gasteiger partial charge in [0.15, 0.2) is 0 Å². The minimum atomic E-state index is -0.552. The molecule has 0 fully saturated rings. The molecule has 0 spiro atoms. The molecule has 1 heterocycles. The average molecular weight is 405 g/mol. The van der Waals surface area contributed by atoms with Gasteiger partial charge in [-0.3, -0.25) is 9.80 Å². The summed E-state index contributed by atoms with van der Waals surface area (Å²) in [5, 5.41) is 5.59. The van der Waals surface area contributed by atoms with Crippen molar-refractivity contribution in [1.29, 1.82) is 0 Å². The number of amides is 4. The smallest absolute Gasteiger partial charge is 0.326 e. The highest BCUT2D eigenvalue weighted by atomic mass is 35.5. The quantitative estimate of drug-likeness (QED) is 0.713. The minimum absolute atomic E-state index is 0.0677. The minimum Gasteiger partial charge on any atom is -0.333 e. The van der Waals surface area contributed by atoms with Gasteiger partial charge in [-0.25, -0.2) is 14.0 Å². The van der Waals surface area contributed by atoms with E-state index in [1.165, 1.54) is 18.2 Å². The van der Waals surface area contributed by atoms with Gasteiger partial charge in [-0.1, -0.05) is 23.7 Å². The van der Waals surface area contributed by atoms with Crippen molar-refractivity contribution >= 4 is 40.7 Å². The zero-order valence-corrected chi connectivity index (χ0v) is 16.7. The Morgan fingerprint density at radius 2 is 1.57 bits per heavy atom. The number of nitrogens with zero attached hydrogens (tertiary/aromatic N) is 2. The van der Waals surface area contributed by atoms with Crippen LogP contribution in [0.2, 0.25) is 5.02 Å². The van der Waals surface area contributed by atoms with E-state index in [1.54, 1.807) is 28.0 Å². The summed E-state index contributed by atoms with van der Waals surface area (Å²) in [6.45, 7) is 6.39. The second kappa shape index (κ2) is 7.67. The topological polar surface area (TPSA) is 64.7 Å². The first kappa shape index (κ1) is 19.9. The Balaban J connectivity index is 1.83. The Hall–Kier alpha value is -2.80. The van der Waals surface area contributed by atoms with Crippen LogP contribution in [-0.4, -0.2) is 30.7 Å². The van der Waals surface area contributed by atoms with Crippen LogP contribution in [0.4, 0.5) is 31.0 Å². The molecule has 0 aromatic heterocycles. The highest BCUT2D eigenvalue weighted by molar-refractivity contribution is 6.31. The Morgan fingerprint density at radius 1 is 1.00 bits per heavy atom. The number of anilines is 3. The van der Waals surface area contributed by atoms with E-state index in [4.69, 9.17) is 11.6 Å². The summed E-state index contributed by atoms with van der Waals surface area (Å²) in [4.78, 5) is 28.6. The van der Waals surface area contributed by atoms with Crippen molar-refractivity contribution in [2.45, 2.75) is 26.3 Å². The fourth-order valence-corrected chi connectivity index (χ4v) is 3.12.